The predicted molar refractivity (Wildman–Crippen MR) is 88.7 cm³/mol. The average Bonchev–Trinajstić information content (AvgIpc) is 3.28. The van der Waals surface area contributed by atoms with Gasteiger partial charge in [-0.15, -0.1) is 11.3 Å². The van der Waals surface area contributed by atoms with E-state index >= 15 is 0 Å². The minimum absolute atomic E-state index is 0.150. The Kier molecular flexibility index (Phi) is 3.82. The number of carbonyl (C=O) groups excluding carboxylic acids is 1. The van der Waals surface area contributed by atoms with E-state index in [2.05, 4.69) is 10.1 Å². The molecule has 4 rings (SSSR count). The number of aromatic nitrogens is 2. The van der Waals surface area contributed by atoms with E-state index in [4.69, 9.17) is 16.1 Å². The molecule has 1 aromatic carbocycles. The molecule has 0 aliphatic carbocycles. The molecule has 0 saturated carbocycles. The Hall–Kier alpha value is -2.25. The largest absolute Gasteiger partial charge is 0.339 e. The van der Waals surface area contributed by atoms with Crippen molar-refractivity contribution in [3.05, 3.63) is 52.4 Å². The summed E-state index contributed by atoms with van der Waals surface area (Å²) in [6.45, 7) is 0.327. The Bertz CT molecular complexity index is 897. The summed E-state index contributed by atoms with van der Waals surface area (Å²) in [5, 5.41) is 6.22. The molecule has 1 atom stereocenters. The highest BCUT2D eigenvalue weighted by Crippen LogP contribution is 2.35. The molecule has 1 fully saturated rings. The number of halogens is 2. The van der Waals surface area contributed by atoms with Gasteiger partial charge in [0.15, 0.2) is 0 Å². The van der Waals surface area contributed by atoms with Crippen LogP contribution in [0, 0.1) is 5.82 Å². The molecule has 1 aliphatic rings. The van der Waals surface area contributed by atoms with Crippen LogP contribution in [-0.2, 0) is 4.79 Å². The van der Waals surface area contributed by atoms with Crippen molar-refractivity contribution in [1.29, 1.82) is 0 Å². The fourth-order valence-corrected chi connectivity index (χ4v) is 3.57. The molecular formula is C16H11ClFN3O2S. The summed E-state index contributed by atoms with van der Waals surface area (Å²) in [5.74, 6) is 0.0845. The molecular weight excluding hydrogens is 353 g/mol. The van der Waals surface area contributed by atoms with Crippen molar-refractivity contribution >= 4 is 34.5 Å². The van der Waals surface area contributed by atoms with Gasteiger partial charge in [0.2, 0.25) is 17.6 Å². The number of rotatable bonds is 3. The average molecular weight is 364 g/mol. The molecule has 3 heterocycles. The number of carbonyl (C=O) groups is 1. The van der Waals surface area contributed by atoms with Crippen molar-refractivity contribution in [3.63, 3.8) is 0 Å². The third-order valence-corrected chi connectivity index (χ3v) is 5.04. The van der Waals surface area contributed by atoms with Crippen LogP contribution in [-0.4, -0.2) is 22.6 Å². The van der Waals surface area contributed by atoms with Gasteiger partial charge >= 0.3 is 0 Å². The Morgan fingerprint density at radius 3 is 3.04 bits per heavy atom. The first-order valence-electron chi connectivity index (χ1n) is 7.24. The Morgan fingerprint density at radius 1 is 1.38 bits per heavy atom. The number of anilines is 1. The van der Waals surface area contributed by atoms with Crippen LogP contribution in [0.5, 0.6) is 0 Å². The van der Waals surface area contributed by atoms with E-state index < -0.39 is 5.82 Å². The first-order chi connectivity index (χ1) is 11.6. The van der Waals surface area contributed by atoms with E-state index in [1.165, 1.54) is 34.4 Å². The molecule has 8 heteroatoms. The second kappa shape index (κ2) is 5.99. The van der Waals surface area contributed by atoms with Gasteiger partial charge in [-0.2, -0.15) is 4.98 Å². The van der Waals surface area contributed by atoms with E-state index in [0.717, 1.165) is 4.88 Å². The molecule has 5 nitrogen and oxygen atoms in total. The van der Waals surface area contributed by atoms with Gasteiger partial charge in [-0.25, -0.2) is 4.39 Å². The molecule has 0 spiro atoms. The van der Waals surface area contributed by atoms with Gasteiger partial charge in [-0.3, -0.25) is 4.79 Å². The lowest BCUT2D eigenvalue weighted by molar-refractivity contribution is -0.117. The van der Waals surface area contributed by atoms with E-state index in [1.54, 1.807) is 0 Å². The van der Waals surface area contributed by atoms with E-state index in [1.807, 2.05) is 17.5 Å². The van der Waals surface area contributed by atoms with Crippen LogP contribution in [0.15, 0.2) is 40.2 Å². The van der Waals surface area contributed by atoms with Crippen LogP contribution >= 0.6 is 22.9 Å². The smallest absolute Gasteiger partial charge is 0.232 e. The molecule has 0 N–H and O–H groups in total. The van der Waals surface area contributed by atoms with E-state index in [-0.39, 0.29) is 18.2 Å². The molecule has 24 heavy (non-hydrogen) atoms. The zero-order chi connectivity index (χ0) is 16.7. The number of nitrogens with zero attached hydrogens (tertiary/aromatic N) is 3. The van der Waals surface area contributed by atoms with Gasteiger partial charge in [0.1, 0.15) is 5.82 Å². The number of thiophene rings is 1. The zero-order valence-electron chi connectivity index (χ0n) is 12.3. The Balaban J connectivity index is 1.59. The summed E-state index contributed by atoms with van der Waals surface area (Å²) >= 11 is 7.61. The van der Waals surface area contributed by atoms with Crippen molar-refractivity contribution in [1.82, 2.24) is 10.1 Å². The lowest BCUT2D eigenvalue weighted by atomic mass is 10.1. The molecule has 1 amide bonds. The van der Waals surface area contributed by atoms with Gasteiger partial charge in [0.25, 0.3) is 0 Å². The van der Waals surface area contributed by atoms with Gasteiger partial charge in [0.05, 0.1) is 21.5 Å². The molecule has 2 aromatic heterocycles. The lowest BCUT2D eigenvalue weighted by Gasteiger charge is -2.17. The van der Waals surface area contributed by atoms with Crippen LogP contribution in [0.3, 0.4) is 0 Å². The van der Waals surface area contributed by atoms with Gasteiger partial charge in [-0.1, -0.05) is 22.8 Å². The first kappa shape index (κ1) is 15.3. The van der Waals surface area contributed by atoms with Crippen molar-refractivity contribution < 1.29 is 13.7 Å². The third-order valence-electron chi connectivity index (χ3n) is 3.86. The van der Waals surface area contributed by atoms with Gasteiger partial charge in [-0.05, 0) is 29.6 Å². The molecule has 0 bridgehead atoms. The molecule has 1 aliphatic heterocycles. The molecule has 1 unspecified atom stereocenters. The summed E-state index contributed by atoms with van der Waals surface area (Å²) in [5.41, 5.74) is 0.363. The highest BCUT2D eigenvalue weighted by atomic mass is 35.5. The Labute approximate surface area is 145 Å². The first-order valence-corrected chi connectivity index (χ1v) is 8.50. The number of benzene rings is 1. The summed E-state index contributed by atoms with van der Waals surface area (Å²) in [6.07, 6.45) is 0.221. The predicted octanol–water partition coefficient (Wildman–Crippen LogP) is 4.11. The van der Waals surface area contributed by atoms with E-state index in [0.29, 0.717) is 29.0 Å². The minimum Gasteiger partial charge on any atom is -0.339 e. The number of amides is 1. The fraction of sp³-hybridized carbons (Fsp3) is 0.188. The topological polar surface area (TPSA) is 59.2 Å². The van der Waals surface area contributed by atoms with E-state index in [9.17, 15) is 9.18 Å². The summed E-state index contributed by atoms with van der Waals surface area (Å²) < 4.78 is 18.8. The van der Waals surface area contributed by atoms with Crippen LogP contribution in [0.2, 0.25) is 5.02 Å². The molecule has 0 radical (unpaired) electrons. The van der Waals surface area contributed by atoms with Crippen LogP contribution in [0.25, 0.3) is 10.7 Å². The second-order valence-corrected chi connectivity index (χ2v) is 6.79. The maximum absolute atomic E-state index is 13.5. The molecule has 122 valence electrons. The quantitative estimate of drug-likeness (QED) is 0.702. The van der Waals surface area contributed by atoms with Crippen LogP contribution in [0.1, 0.15) is 18.2 Å². The zero-order valence-corrected chi connectivity index (χ0v) is 13.9. The minimum atomic E-state index is -0.441. The van der Waals surface area contributed by atoms with Gasteiger partial charge < -0.3 is 9.42 Å². The second-order valence-electron chi connectivity index (χ2n) is 5.43. The number of hydrogen-bond donors (Lipinski definition) is 0. The normalized spacial score (nSPS) is 17.7. The summed E-state index contributed by atoms with van der Waals surface area (Å²) in [4.78, 5) is 19.1. The van der Waals surface area contributed by atoms with Crippen molar-refractivity contribution in [2.45, 2.75) is 12.3 Å². The highest BCUT2D eigenvalue weighted by Gasteiger charge is 2.36. The van der Waals surface area contributed by atoms with Crippen molar-refractivity contribution in [3.8, 4) is 10.7 Å². The van der Waals surface area contributed by atoms with Gasteiger partial charge in [0, 0.05) is 13.0 Å². The lowest BCUT2D eigenvalue weighted by Crippen LogP contribution is -2.24. The number of hydrogen-bond acceptors (Lipinski definition) is 5. The fourth-order valence-electron chi connectivity index (χ4n) is 2.71. The standard InChI is InChI=1S/C16H11ClFN3O2S/c17-11-4-3-10(18)7-12(11)21-8-9(6-14(21)22)16-19-15(20-23-16)13-2-1-5-24-13/h1-5,7,9H,6,8H2. The maximum Gasteiger partial charge on any atom is 0.232 e. The molecule has 1 saturated heterocycles. The monoisotopic (exact) mass is 363 g/mol. The Morgan fingerprint density at radius 2 is 2.25 bits per heavy atom. The summed E-state index contributed by atoms with van der Waals surface area (Å²) in [6, 6.07) is 7.76. The summed E-state index contributed by atoms with van der Waals surface area (Å²) in [7, 11) is 0. The third kappa shape index (κ3) is 2.70. The van der Waals surface area contributed by atoms with Crippen LogP contribution < -0.4 is 4.90 Å². The molecule has 3 aromatic rings. The van der Waals surface area contributed by atoms with Crippen molar-refractivity contribution in [2.24, 2.45) is 0 Å². The van der Waals surface area contributed by atoms with Crippen LogP contribution in [0.4, 0.5) is 10.1 Å². The van der Waals surface area contributed by atoms with Crippen molar-refractivity contribution in [2.75, 3.05) is 11.4 Å². The SMILES string of the molecule is O=C1CC(c2nc(-c3cccs3)no2)CN1c1cc(F)ccc1Cl. The highest BCUT2D eigenvalue weighted by molar-refractivity contribution is 7.13. The maximum atomic E-state index is 13.5.